The Kier molecular flexibility index (Phi) is 4.17. The second kappa shape index (κ2) is 6.03. The number of rotatable bonds is 4. The summed E-state index contributed by atoms with van der Waals surface area (Å²) in [7, 11) is 0. The maximum Gasteiger partial charge on any atom is 0.0992 e. The number of hydrogen-bond donors (Lipinski definition) is 2. The molecule has 0 saturated heterocycles. The Bertz CT molecular complexity index is 584. The van der Waals surface area contributed by atoms with Crippen LogP contribution in [0.25, 0.3) is 0 Å². The van der Waals surface area contributed by atoms with Crippen LogP contribution in [0, 0.1) is 18.3 Å². The molecule has 1 unspecified atom stereocenters. The van der Waals surface area contributed by atoms with Gasteiger partial charge in [-0.25, -0.2) is 0 Å². The second-order valence-corrected chi connectivity index (χ2v) is 4.50. The van der Waals surface area contributed by atoms with Gasteiger partial charge in [-0.05, 0) is 30.7 Å². The van der Waals surface area contributed by atoms with Gasteiger partial charge in [-0.3, -0.25) is 0 Å². The molecule has 96 valence electrons. The molecule has 0 bridgehead atoms. The van der Waals surface area contributed by atoms with Crippen molar-refractivity contribution in [3.05, 3.63) is 65.2 Å². The Hall–Kier alpha value is -2.31. The Morgan fingerprint density at radius 1 is 1.21 bits per heavy atom. The average Bonchev–Trinajstić information content (AvgIpc) is 2.46. The van der Waals surface area contributed by atoms with Crippen LogP contribution in [0.3, 0.4) is 0 Å². The normalized spacial score (nSPS) is 11.6. The molecule has 0 aliphatic heterocycles. The molecule has 3 heteroatoms. The predicted octanol–water partition coefficient (Wildman–Crippen LogP) is 3.01. The van der Waals surface area contributed by atoms with E-state index in [1.165, 1.54) is 5.56 Å². The van der Waals surface area contributed by atoms with Crippen molar-refractivity contribution in [2.75, 3.05) is 11.9 Å². The van der Waals surface area contributed by atoms with Crippen LogP contribution < -0.4 is 5.32 Å². The van der Waals surface area contributed by atoms with Crippen LogP contribution in [0.15, 0.2) is 48.5 Å². The molecule has 0 fully saturated rings. The van der Waals surface area contributed by atoms with Crippen LogP contribution in [0.1, 0.15) is 22.8 Å². The van der Waals surface area contributed by atoms with Crippen LogP contribution in [-0.2, 0) is 0 Å². The van der Waals surface area contributed by atoms with Gasteiger partial charge in [0.15, 0.2) is 0 Å². The Morgan fingerprint density at radius 2 is 1.95 bits per heavy atom. The summed E-state index contributed by atoms with van der Waals surface area (Å²) >= 11 is 0. The lowest BCUT2D eigenvalue weighted by molar-refractivity contribution is 0.191. The molecule has 0 saturated carbocycles. The van der Waals surface area contributed by atoms with E-state index >= 15 is 0 Å². The van der Waals surface area contributed by atoms with Crippen molar-refractivity contribution in [3.8, 4) is 6.07 Å². The molecule has 0 heterocycles. The third-order valence-corrected chi connectivity index (χ3v) is 2.95. The molecule has 19 heavy (non-hydrogen) atoms. The fourth-order valence-corrected chi connectivity index (χ4v) is 1.82. The maximum atomic E-state index is 10.1. The first-order valence-corrected chi connectivity index (χ1v) is 6.18. The molecule has 0 amide bonds. The van der Waals surface area contributed by atoms with E-state index in [2.05, 4.69) is 11.4 Å². The molecule has 2 N–H and O–H groups in total. The first-order valence-electron chi connectivity index (χ1n) is 6.18. The molecule has 0 spiro atoms. The monoisotopic (exact) mass is 252 g/mol. The third kappa shape index (κ3) is 3.57. The number of nitrogens with one attached hydrogen (secondary N) is 1. The molecule has 0 aliphatic rings. The fraction of sp³-hybridized carbons (Fsp3) is 0.188. The number of aryl methyl sites for hydroxylation is 1. The van der Waals surface area contributed by atoms with Crippen molar-refractivity contribution in [2.24, 2.45) is 0 Å². The zero-order valence-corrected chi connectivity index (χ0v) is 10.8. The van der Waals surface area contributed by atoms with Crippen molar-refractivity contribution in [2.45, 2.75) is 13.0 Å². The molecule has 3 nitrogen and oxygen atoms in total. The lowest BCUT2D eigenvalue weighted by Crippen LogP contribution is -2.12. The highest BCUT2D eigenvalue weighted by molar-refractivity contribution is 5.49. The molecule has 0 aromatic heterocycles. The van der Waals surface area contributed by atoms with E-state index in [-0.39, 0.29) is 0 Å². The molecule has 2 aromatic carbocycles. The number of aliphatic hydroxyl groups is 1. The molecule has 2 aromatic rings. The third-order valence-electron chi connectivity index (χ3n) is 2.95. The SMILES string of the molecule is Cc1ccc(C(O)CNc2cccc(C#N)c2)cc1. The fourth-order valence-electron chi connectivity index (χ4n) is 1.82. The van der Waals surface area contributed by atoms with E-state index in [9.17, 15) is 5.11 Å². The van der Waals surface area contributed by atoms with Crippen LogP contribution in [0.4, 0.5) is 5.69 Å². The molecule has 0 radical (unpaired) electrons. The van der Waals surface area contributed by atoms with E-state index in [0.717, 1.165) is 11.3 Å². The van der Waals surface area contributed by atoms with Crippen LogP contribution in [0.2, 0.25) is 0 Å². The van der Waals surface area contributed by atoms with Gasteiger partial charge in [0.2, 0.25) is 0 Å². The first-order chi connectivity index (χ1) is 9.19. The number of hydrogen-bond acceptors (Lipinski definition) is 3. The summed E-state index contributed by atoms with van der Waals surface area (Å²) in [6, 6.07) is 17.1. The largest absolute Gasteiger partial charge is 0.387 e. The Balaban J connectivity index is 1.98. The van der Waals surface area contributed by atoms with Crippen molar-refractivity contribution in [1.82, 2.24) is 0 Å². The highest BCUT2D eigenvalue weighted by Crippen LogP contribution is 2.16. The smallest absolute Gasteiger partial charge is 0.0992 e. The summed E-state index contributed by atoms with van der Waals surface area (Å²) in [5, 5.41) is 22.0. The summed E-state index contributed by atoms with van der Waals surface area (Å²) < 4.78 is 0. The van der Waals surface area contributed by atoms with Gasteiger partial charge in [0.1, 0.15) is 0 Å². The van der Waals surface area contributed by atoms with Gasteiger partial charge >= 0.3 is 0 Å². The average molecular weight is 252 g/mol. The second-order valence-electron chi connectivity index (χ2n) is 4.50. The highest BCUT2D eigenvalue weighted by atomic mass is 16.3. The van der Waals surface area contributed by atoms with Crippen molar-refractivity contribution in [1.29, 1.82) is 5.26 Å². The van der Waals surface area contributed by atoms with Crippen LogP contribution >= 0.6 is 0 Å². The summed E-state index contributed by atoms with van der Waals surface area (Å²) in [5.74, 6) is 0. The first kappa shape index (κ1) is 13.1. The van der Waals surface area contributed by atoms with Gasteiger partial charge < -0.3 is 10.4 Å². The number of aliphatic hydroxyl groups excluding tert-OH is 1. The maximum absolute atomic E-state index is 10.1. The van der Waals surface area contributed by atoms with E-state index in [4.69, 9.17) is 5.26 Å². The van der Waals surface area contributed by atoms with E-state index in [0.29, 0.717) is 12.1 Å². The minimum absolute atomic E-state index is 0.415. The van der Waals surface area contributed by atoms with Gasteiger partial charge in [0, 0.05) is 12.2 Å². The predicted molar refractivity (Wildman–Crippen MR) is 75.8 cm³/mol. The van der Waals surface area contributed by atoms with Gasteiger partial charge in [-0.2, -0.15) is 5.26 Å². The van der Waals surface area contributed by atoms with E-state index < -0.39 is 6.10 Å². The lowest BCUT2D eigenvalue weighted by Gasteiger charge is -2.13. The summed E-state index contributed by atoms with van der Waals surface area (Å²) in [6.45, 7) is 2.43. The van der Waals surface area contributed by atoms with E-state index in [1.54, 1.807) is 12.1 Å². The molecular formula is C16H16N2O. The molecule has 2 rings (SSSR count). The zero-order valence-electron chi connectivity index (χ0n) is 10.8. The summed E-state index contributed by atoms with van der Waals surface area (Å²) in [4.78, 5) is 0. The summed E-state index contributed by atoms with van der Waals surface area (Å²) in [5.41, 5.74) is 3.50. The standard InChI is InChI=1S/C16H16N2O/c1-12-5-7-14(8-6-12)16(19)11-18-15-4-2-3-13(9-15)10-17/h2-9,16,18-19H,11H2,1H3. The van der Waals surface area contributed by atoms with Gasteiger partial charge in [-0.15, -0.1) is 0 Å². The van der Waals surface area contributed by atoms with Crippen molar-refractivity contribution >= 4 is 5.69 Å². The highest BCUT2D eigenvalue weighted by Gasteiger charge is 2.06. The van der Waals surface area contributed by atoms with Gasteiger partial charge in [-0.1, -0.05) is 35.9 Å². The quantitative estimate of drug-likeness (QED) is 0.879. The van der Waals surface area contributed by atoms with E-state index in [1.807, 2.05) is 43.3 Å². The molecular weight excluding hydrogens is 236 g/mol. The minimum Gasteiger partial charge on any atom is -0.387 e. The van der Waals surface area contributed by atoms with Gasteiger partial charge in [0.25, 0.3) is 0 Å². The number of nitrogens with zero attached hydrogens (tertiary/aromatic N) is 1. The van der Waals surface area contributed by atoms with Gasteiger partial charge in [0.05, 0.1) is 17.7 Å². The lowest BCUT2D eigenvalue weighted by atomic mass is 10.1. The minimum atomic E-state index is -0.564. The number of nitriles is 1. The Morgan fingerprint density at radius 3 is 2.63 bits per heavy atom. The summed E-state index contributed by atoms with van der Waals surface area (Å²) in [6.07, 6.45) is -0.564. The van der Waals surface area contributed by atoms with Crippen LogP contribution in [0.5, 0.6) is 0 Å². The van der Waals surface area contributed by atoms with Crippen molar-refractivity contribution < 1.29 is 5.11 Å². The molecule has 0 aliphatic carbocycles. The topological polar surface area (TPSA) is 56.0 Å². The number of anilines is 1. The number of benzene rings is 2. The zero-order chi connectivity index (χ0) is 13.7. The van der Waals surface area contributed by atoms with Crippen molar-refractivity contribution in [3.63, 3.8) is 0 Å². The Labute approximate surface area is 113 Å². The van der Waals surface area contributed by atoms with Crippen LogP contribution in [-0.4, -0.2) is 11.7 Å². The molecule has 1 atom stereocenters.